The van der Waals surface area contributed by atoms with Crippen LogP contribution in [0.4, 0.5) is 5.69 Å². The van der Waals surface area contributed by atoms with E-state index in [-0.39, 0.29) is 30.6 Å². The Labute approximate surface area is 124 Å². The zero-order chi connectivity index (χ0) is 15.8. The Kier molecular flexibility index (Phi) is 6.33. The number of benzene rings is 1. The van der Waals surface area contributed by atoms with Gasteiger partial charge in [-0.15, -0.1) is 6.58 Å². The molecule has 0 spiro atoms. The average molecular weight is 288 g/mol. The zero-order valence-corrected chi connectivity index (χ0v) is 12.4. The first-order chi connectivity index (χ1) is 9.95. The van der Waals surface area contributed by atoms with Crippen molar-refractivity contribution in [1.82, 2.24) is 5.32 Å². The highest BCUT2D eigenvalue weighted by molar-refractivity contribution is 5.97. The third kappa shape index (κ3) is 5.22. The second kappa shape index (κ2) is 7.99. The molecule has 5 heteroatoms. The van der Waals surface area contributed by atoms with Gasteiger partial charge >= 0.3 is 0 Å². The van der Waals surface area contributed by atoms with Crippen molar-refractivity contribution in [2.75, 3.05) is 18.0 Å². The third-order valence-electron chi connectivity index (χ3n) is 2.95. The van der Waals surface area contributed by atoms with Gasteiger partial charge in [0.05, 0.1) is 0 Å². The summed E-state index contributed by atoms with van der Waals surface area (Å²) in [6.45, 7) is 7.09. The molecule has 1 N–H and O–H groups in total. The van der Waals surface area contributed by atoms with Crippen molar-refractivity contribution in [2.45, 2.75) is 20.3 Å². The topological polar surface area (TPSA) is 66.5 Å². The van der Waals surface area contributed by atoms with Crippen molar-refractivity contribution in [3.63, 3.8) is 0 Å². The molecule has 0 atom stereocenters. The van der Waals surface area contributed by atoms with Gasteiger partial charge in [-0.05, 0) is 19.1 Å². The number of Topliss-reactive ketones (excluding diaryl/α,β-unsaturated/α-hetero) is 1. The van der Waals surface area contributed by atoms with Gasteiger partial charge in [0.15, 0.2) is 5.78 Å². The van der Waals surface area contributed by atoms with Gasteiger partial charge in [-0.25, -0.2) is 0 Å². The van der Waals surface area contributed by atoms with Crippen LogP contribution in [0.3, 0.4) is 0 Å². The monoisotopic (exact) mass is 288 g/mol. The van der Waals surface area contributed by atoms with E-state index in [0.29, 0.717) is 17.8 Å². The quantitative estimate of drug-likeness (QED) is 0.616. The first-order valence-corrected chi connectivity index (χ1v) is 6.72. The summed E-state index contributed by atoms with van der Waals surface area (Å²) in [5.41, 5.74) is 1.15. The summed E-state index contributed by atoms with van der Waals surface area (Å²) in [5, 5.41) is 2.66. The lowest BCUT2D eigenvalue weighted by Gasteiger charge is -2.21. The Hall–Kier alpha value is -2.43. The van der Waals surface area contributed by atoms with Crippen molar-refractivity contribution >= 4 is 23.3 Å². The maximum atomic E-state index is 11.7. The SMILES string of the molecule is C=CCNC(=O)CCN(C(C)=O)c1cccc(C(C)=O)c1. The Bertz CT molecular complexity index is 552. The Balaban J connectivity index is 2.80. The highest BCUT2D eigenvalue weighted by Gasteiger charge is 2.14. The molecule has 0 unspecified atom stereocenters. The molecule has 0 aromatic heterocycles. The molecule has 21 heavy (non-hydrogen) atoms. The van der Waals surface area contributed by atoms with Gasteiger partial charge in [0.25, 0.3) is 0 Å². The fourth-order valence-electron chi connectivity index (χ4n) is 1.85. The molecule has 5 nitrogen and oxygen atoms in total. The summed E-state index contributed by atoms with van der Waals surface area (Å²) in [5.74, 6) is -0.389. The number of amides is 2. The van der Waals surface area contributed by atoms with Crippen LogP contribution in [-0.2, 0) is 9.59 Å². The molecule has 0 fully saturated rings. The fraction of sp³-hybridized carbons (Fsp3) is 0.312. The summed E-state index contributed by atoms with van der Waals surface area (Å²) in [6, 6.07) is 6.82. The first kappa shape index (κ1) is 16.6. The molecule has 0 radical (unpaired) electrons. The second-order valence-electron chi connectivity index (χ2n) is 4.62. The average Bonchev–Trinajstić information content (AvgIpc) is 2.45. The normalized spacial score (nSPS) is 9.81. The maximum absolute atomic E-state index is 11.7. The second-order valence-corrected chi connectivity index (χ2v) is 4.62. The number of nitrogens with one attached hydrogen (secondary N) is 1. The van der Waals surface area contributed by atoms with Crippen LogP contribution in [0.1, 0.15) is 30.6 Å². The van der Waals surface area contributed by atoms with Crippen LogP contribution in [0.25, 0.3) is 0 Å². The van der Waals surface area contributed by atoms with Gasteiger partial charge in [-0.1, -0.05) is 18.2 Å². The van der Waals surface area contributed by atoms with Crippen molar-refractivity contribution in [2.24, 2.45) is 0 Å². The largest absolute Gasteiger partial charge is 0.353 e. The number of carbonyl (C=O) groups is 3. The molecule has 0 aliphatic heterocycles. The van der Waals surface area contributed by atoms with Crippen molar-refractivity contribution in [3.05, 3.63) is 42.5 Å². The molecule has 0 bridgehead atoms. The van der Waals surface area contributed by atoms with Gasteiger partial charge in [-0.3, -0.25) is 14.4 Å². The van der Waals surface area contributed by atoms with Crippen LogP contribution in [0.2, 0.25) is 0 Å². The lowest BCUT2D eigenvalue weighted by molar-refractivity contribution is -0.120. The molecule has 2 amide bonds. The number of carbonyl (C=O) groups excluding carboxylic acids is 3. The summed E-state index contributed by atoms with van der Waals surface area (Å²) in [4.78, 5) is 36.2. The van der Waals surface area contributed by atoms with E-state index in [1.54, 1.807) is 30.3 Å². The third-order valence-corrected chi connectivity index (χ3v) is 2.95. The molecular weight excluding hydrogens is 268 g/mol. The van der Waals surface area contributed by atoms with Gasteiger partial charge in [0, 0.05) is 37.7 Å². The van der Waals surface area contributed by atoms with Crippen LogP contribution in [-0.4, -0.2) is 30.7 Å². The smallest absolute Gasteiger partial charge is 0.223 e. The Morgan fingerprint density at radius 3 is 2.57 bits per heavy atom. The maximum Gasteiger partial charge on any atom is 0.223 e. The summed E-state index contributed by atoms with van der Waals surface area (Å²) >= 11 is 0. The highest BCUT2D eigenvalue weighted by atomic mass is 16.2. The molecule has 1 aromatic carbocycles. The van der Waals surface area contributed by atoms with E-state index >= 15 is 0 Å². The number of anilines is 1. The summed E-state index contributed by atoms with van der Waals surface area (Å²) in [6.07, 6.45) is 1.79. The van der Waals surface area contributed by atoms with Crippen molar-refractivity contribution < 1.29 is 14.4 Å². The van der Waals surface area contributed by atoms with Gasteiger partial charge in [0.1, 0.15) is 0 Å². The van der Waals surface area contributed by atoms with E-state index in [1.807, 2.05) is 0 Å². The predicted octanol–water partition coefficient (Wildman–Crippen LogP) is 1.93. The standard InChI is InChI=1S/C16H20N2O3/c1-4-9-17-16(21)8-10-18(13(3)20)15-7-5-6-14(11-15)12(2)19/h4-7,11H,1,8-10H2,2-3H3,(H,17,21). The molecule has 1 rings (SSSR count). The molecule has 0 heterocycles. The van der Waals surface area contributed by atoms with E-state index in [4.69, 9.17) is 0 Å². The number of hydrogen-bond acceptors (Lipinski definition) is 3. The Morgan fingerprint density at radius 1 is 1.29 bits per heavy atom. The van der Waals surface area contributed by atoms with E-state index in [2.05, 4.69) is 11.9 Å². The lowest BCUT2D eigenvalue weighted by atomic mass is 10.1. The summed E-state index contributed by atoms with van der Waals surface area (Å²) in [7, 11) is 0. The predicted molar refractivity (Wildman–Crippen MR) is 82.3 cm³/mol. The van der Waals surface area contributed by atoms with Gasteiger partial charge in [0.2, 0.25) is 11.8 Å². The number of hydrogen-bond donors (Lipinski definition) is 1. The molecule has 0 saturated carbocycles. The van der Waals surface area contributed by atoms with E-state index in [9.17, 15) is 14.4 Å². The molecule has 0 aliphatic rings. The van der Waals surface area contributed by atoms with E-state index in [0.717, 1.165) is 0 Å². The number of nitrogens with zero attached hydrogens (tertiary/aromatic N) is 1. The van der Waals surface area contributed by atoms with Crippen LogP contribution < -0.4 is 10.2 Å². The number of ketones is 1. The molecule has 0 aliphatic carbocycles. The van der Waals surface area contributed by atoms with Gasteiger partial charge in [-0.2, -0.15) is 0 Å². The fourth-order valence-corrected chi connectivity index (χ4v) is 1.85. The minimum Gasteiger partial charge on any atom is -0.353 e. The van der Waals surface area contributed by atoms with Crippen LogP contribution in [0, 0.1) is 0 Å². The van der Waals surface area contributed by atoms with E-state index in [1.165, 1.54) is 18.7 Å². The molecule has 0 saturated heterocycles. The van der Waals surface area contributed by atoms with Crippen LogP contribution >= 0.6 is 0 Å². The molecular formula is C16H20N2O3. The highest BCUT2D eigenvalue weighted by Crippen LogP contribution is 2.17. The van der Waals surface area contributed by atoms with E-state index < -0.39 is 0 Å². The van der Waals surface area contributed by atoms with Crippen LogP contribution in [0.15, 0.2) is 36.9 Å². The Morgan fingerprint density at radius 2 is 2.00 bits per heavy atom. The summed E-state index contributed by atoms with van der Waals surface area (Å²) < 4.78 is 0. The van der Waals surface area contributed by atoms with Gasteiger partial charge < -0.3 is 10.2 Å². The first-order valence-electron chi connectivity index (χ1n) is 6.72. The number of rotatable bonds is 7. The van der Waals surface area contributed by atoms with Crippen molar-refractivity contribution in [1.29, 1.82) is 0 Å². The minimum absolute atomic E-state index is 0.0657. The molecule has 1 aromatic rings. The minimum atomic E-state index is -0.174. The van der Waals surface area contributed by atoms with Crippen LogP contribution in [0.5, 0.6) is 0 Å². The lowest BCUT2D eigenvalue weighted by Crippen LogP contribution is -2.34. The van der Waals surface area contributed by atoms with Crippen molar-refractivity contribution in [3.8, 4) is 0 Å². The zero-order valence-electron chi connectivity index (χ0n) is 12.4. The molecule has 112 valence electrons.